The highest BCUT2D eigenvalue weighted by Crippen LogP contribution is 2.05. The Kier molecular flexibility index (Phi) is 5.88. The fraction of sp³-hybridized carbons (Fsp3) is 0.800. The third kappa shape index (κ3) is 4.65. The van der Waals surface area contributed by atoms with Gasteiger partial charge in [-0.25, -0.2) is 8.42 Å². The van der Waals surface area contributed by atoms with E-state index in [0.717, 1.165) is 0 Å². The van der Waals surface area contributed by atoms with Gasteiger partial charge in [0.2, 0.25) is 10.0 Å². The van der Waals surface area contributed by atoms with E-state index >= 15 is 0 Å². The van der Waals surface area contributed by atoms with E-state index in [4.69, 9.17) is 6.42 Å². The van der Waals surface area contributed by atoms with Crippen molar-refractivity contribution in [1.82, 2.24) is 9.62 Å². The molecule has 0 fully saturated rings. The molecular formula is C10H20N2O2S. The van der Waals surface area contributed by atoms with Crippen LogP contribution in [0.5, 0.6) is 0 Å². The summed E-state index contributed by atoms with van der Waals surface area (Å²) in [6.07, 6.45) is 5.08. The zero-order chi connectivity index (χ0) is 12.1. The predicted octanol–water partition coefficient (Wildman–Crippen LogP) is 0.268. The molecule has 0 aromatic carbocycles. The fourth-order valence-electron chi connectivity index (χ4n) is 1.03. The summed E-state index contributed by atoms with van der Waals surface area (Å²) in [5, 5.41) is 2.63. The topological polar surface area (TPSA) is 49.4 Å². The van der Waals surface area contributed by atoms with Crippen LogP contribution in [-0.4, -0.2) is 44.2 Å². The second-order valence-electron chi connectivity index (χ2n) is 3.88. The van der Waals surface area contributed by atoms with Crippen LogP contribution in [0.4, 0.5) is 0 Å². The van der Waals surface area contributed by atoms with Gasteiger partial charge in [-0.1, -0.05) is 19.8 Å². The quantitative estimate of drug-likeness (QED) is 0.669. The van der Waals surface area contributed by atoms with Crippen molar-refractivity contribution in [3.63, 3.8) is 0 Å². The molecule has 88 valence electrons. The molecule has 5 heteroatoms. The molecule has 0 radical (unpaired) electrons. The average molecular weight is 232 g/mol. The highest BCUT2D eigenvalue weighted by Gasteiger charge is 2.24. The molecule has 0 amide bonds. The molecule has 0 bridgehead atoms. The van der Waals surface area contributed by atoms with E-state index in [-0.39, 0.29) is 12.6 Å². The summed E-state index contributed by atoms with van der Waals surface area (Å²) in [7, 11) is -1.77. The Morgan fingerprint density at radius 3 is 2.33 bits per heavy atom. The minimum Gasteiger partial charge on any atom is -0.313 e. The van der Waals surface area contributed by atoms with Gasteiger partial charge in [-0.05, 0) is 6.92 Å². The number of hydrogen-bond donors (Lipinski definition) is 1. The predicted molar refractivity (Wildman–Crippen MR) is 63.0 cm³/mol. The number of nitrogens with zero attached hydrogens (tertiary/aromatic N) is 1. The second kappa shape index (κ2) is 6.11. The monoisotopic (exact) mass is 232 g/mol. The maximum Gasteiger partial charge on any atom is 0.218 e. The van der Waals surface area contributed by atoms with Crippen LogP contribution in [-0.2, 0) is 10.0 Å². The number of hydrogen-bond acceptors (Lipinski definition) is 3. The van der Waals surface area contributed by atoms with Gasteiger partial charge in [0.1, 0.15) is 0 Å². The van der Waals surface area contributed by atoms with Gasteiger partial charge in [-0.15, -0.1) is 6.42 Å². The van der Waals surface area contributed by atoms with Crippen molar-refractivity contribution < 1.29 is 8.42 Å². The van der Waals surface area contributed by atoms with Crippen molar-refractivity contribution in [2.24, 2.45) is 0 Å². The van der Waals surface area contributed by atoms with E-state index < -0.39 is 15.3 Å². The zero-order valence-corrected chi connectivity index (χ0v) is 10.6. The summed E-state index contributed by atoms with van der Waals surface area (Å²) in [6.45, 7) is 6.19. The van der Waals surface area contributed by atoms with Crippen LogP contribution >= 0.6 is 0 Å². The lowest BCUT2D eigenvalue weighted by atomic mass is 10.3. The third-order valence-corrected chi connectivity index (χ3v) is 4.25. The standard InChI is InChI=1S/C10H20N2O2S/c1-6-7-12(5)15(13,14)10(4)8-11-9(2)3/h1,9-11H,7-8H2,2-5H3. The first-order valence-corrected chi connectivity index (χ1v) is 6.44. The second-order valence-corrected chi connectivity index (χ2v) is 6.34. The van der Waals surface area contributed by atoms with Crippen LogP contribution in [0.3, 0.4) is 0 Å². The molecule has 0 spiro atoms. The lowest BCUT2D eigenvalue weighted by Crippen LogP contribution is -2.41. The molecule has 1 unspecified atom stereocenters. The Balaban J connectivity index is 4.40. The lowest BCUT2D eigenvalue weighted by Gasteiger charge is -2.21. The largest absolute Gasteiger partial charge is 0.313 e. The molecule has 0 aliphatic heterocycles. The van der Waals surface area contributed by atoms with E-state index in [1.807, 2.05) is 13.8 Å². The number of sulfonamides is 1. The van der Waals surface area contributed by atoms with Crippen LogP contribution in [0.1, 0.15) is 20.8 Å². The summed E-state index contributed by atoms with van der Waals surface area (Å²) in [4.78, 5) is 0. The van der Waals surface area contributed by atoms with E-state index in [1.54, 1.807) is 6.92 Å². The molecule has 0 heterocycles. The molecule has 1 atom stereocenters. The zero-order valence-electron chi connectivity index (χ0n) is 9.82. The van der Waals surface area contributed by atoms with Crippen molar-refractivity contribution in [3.05, 3.63) is 0 Å². The maximum atomic E-state index is 11.8. The van der Waals surface area contributed by atoms with E-state index in [9.17, 15) is 8.42 Å². The SMILES string of the molecule is C#CCN(C)S(=O)(=O)C(C)CNC(C)C. The summed E-state index contributed by atoms with van der Waals surface area (Å²) in [6, 6.07) is 0.278. The first kappa shape index (κ1) is 14.4. The molecule has 0 aromatic heterocycles. The van der Waals surface area contributed by atoms with Crippen molar-refractivity contribution in [3.8, 4) is 12.3 Å². The van der Waals surface area contributed by atoms with Crippen LogP contribution in [0.2, 0.25) is 0 Å². The Bertz CT molecular complexity index is 317. The Hall–Kier alpha value is -0.570. The fourth-order valence-corrected chi connectivity index (χ4v) is 2.21. The van der Waals surface area contributed by atoms with E-state index in [2.05, 4.69) is 11.2 Å². The number of terminal acetylenes is 1. The Morgan fingerprint density at radius 1 is 1.40 bits per heavy atom. The van der Waals surface area contributed by atoms with Gasteiger partial charge in [0.15, 0.2) is 0 Å². The molecular weight excluding hydrogens is 212 g/mol. The minimum absolute atomic E-state index is 0.119. The normalized spacial score (nSPS) is 14.2. The lowest BCUT2D eigenvalue weighted by molar-refractivity contribution is 0.481. The first-order chi connectivity index (χ1) is 6.82. The van der Waals surface area contributed by atoms with Gasteiger partial charge in [0.25, 0.3) is 0 Å². The van der Waals surface area contributed by atoms with Crippen LogP contribution in [0.25, 0.3) is 0 Å². The maximum absolute atomic E-state index is 11.8. The average Bonchev–Trinajstić information content (AvgIpc) is 2.14. The summed E-state index contributed by atoms with van der Waals surface area (Å²) >= 11 is 0. The minimum atomic E-state index is -3.27. The van der Waals surface area contributed by atoms with Gasteiger partial charge in [-0.2, -0.15) is 4.31 Å². The Labute approximate surface area is 93.1 Å². The van der Waals surface area contributed by atoms with Gasteiger partial charge >= 0.3 is 0 Å². The molecule has 15 heavy (non-hydrogen) atoms. The molecule has 0 saturated carbocycles. The first-order valence-electron chi connectivity index (χ1n) is 4.94. The van der Waals surface area contributed by atoms with Crippen molar-refractivity contribution in [2.45, 2.75) is 32.1 Å². The van der Waals surface area contributed by atoms with Gasteiger partial charge < -0.3 is 5.32 Å². The molecule has 0 saturated heterocycles. The molecule has 0 aliphatic carbocycles. The molecule has 0 aliphatic rings. The Morgan fingerprint density at radius 2 is 1.93 bits per heavy atom. The number of nitrogens with one attached hydrogen (secondary N) is 1. The van der Waals surface area contributed by atoms with Crippen molar-refractivity contribution in [2.75, 3.05) is 20.1 Å². The molecule has 1 N–H and O–H groups in total. The summed E-state index contributed by atoms with van der Waals surface area (Å²) in [5.41, 5.74) is 0. The highest BCUT2D eigenvalue weighted by atomic mass is 32.2. The third-order valence-electron chi connectivity index (χ3n) is 2.07. The van der Waals surface area contributed by atoms with Gasteiger partial charge in [-0.3, -0.25) is 0 Å². The van der Waals surface area contributed by atoms with Crippen molar-refractivity contribution >= 4 is 10.0 Å². The summed E-state index contributed by atoms with van der Waals surface area (Å²) in [5.74, 6) is 2.32. The van der Waals surface area contributed by atoms with Crippen molar-refractivity contribution in [1.29, 1.82) is 0 Å². The summed E-state index contributed by atoms with van der Waals surface area (Å²) < 4.78 is 24.9. The highest BCUT2D eigenvalue weighted by molar-refractivity contribution is 7.89. The van der Waals surface area contributed by atoms with Crippen LogP contribution in [0, 0.1) is 12.3 Å². The van der Waals surface area contributed by atoms with Gasteiger partial charge in [0, 0.05) is 19.6 Å². The molecule has 0 rings (SSSR count). The van der Waals surface area contributed by atoms with Crippen LogP contribution in [0.15, 0.2) is 0 Å². The van der Waals surface area contributed by atoms with E-state index in [1.165, 1.54) is 11.4 Å². The molecule has 4 nitrogen and oxygen atoms in total. The number of rotatable bonds is 6. The van der Waals surface area contributed by atoms with E-state index in [0.29, 0.717) is 6.54 Å². The smallest absolute Gasteiger partial charge is 0.218 e. The molecule has 0 aromatic rings. The van der Waals surface area contributed by atoms with Gasteiger partial charge in [0.05, 0.1) is 11.8 Å². The van der Waals surface area contributed by atoms with Crippen LogP contribution < -0.4 is 5.32 Å².